The van der Waals surface area contributed by atoms with Crippen LogP contribution in [0, 0.1) is 27.6 Å². The molecule has 5 aliphatic rings. The summed E-state index contributed by atoms with van der Waals surface area (Å²) in [5.74, 6) is -0.787. The first-order valence-electron chi connectivity index (χ1n) is 12.6. The Morgan fingerprint density at radius 1 is 1.03 bits per heavy atom. The molecule has 5 aliphatic carbocycles. The van der Waals surface area contributed by atoms with E-state index >= 15 is 0 Å². The van der Waals surface area contributed by atoms with Crippen LogP contribution in [0.5, 0.6) is 0 Å². The zero-order chi connectivity index (χ0) is 25.7. The van der Waals surface area contributed by atoms with E-state index in [4.69, 9.17) is 4.74 Å². The first-order chi connectivity index (χ1) is 16.2. The number of carbonyl (C=O) groups excluding carboxylic acids is 3. The molecule has 0 saturated heterocycles. The quantitative estimate of drug-likeness (QED) is 0.377. The minimum Gasteiger partial charge on any atom is -0.504 e. The molecule has 0 amide bonds. The smallest absolute Gasteiger partial charge is 0.319 e. The topological polar surface area (TPSA) is 80.7 Å². The number of hydrogen-bond acceptors (Lipinski definition) is 5. The number of ketones is 2. The SMILES string of the molecule is COC(=O)C1(C)CC2C(C)(CC1=O)CC(C)=C1C3=CC=C4C(=CC(=O)C(O)=C4C)C3(C)CCC12C. The summed E-state index contributed by atoms with van der Waals surface area (Å²) in [6, 6.07) is 0. The summed E-state index contributed by atoms with van der Waals surface area (Å²) < 4.78 is 5.10. The lowest BCUT2D eigenvalue weighted by Gasteiger charge is -2.62. The molecule has 186 valence electrons. The molecule has 0 aromatic heterocycles. The van der Waals surface area contributed by atoms with Gasteiger partial charge >= 0.3 is 5.97 Å². The Balaban J connectivity index is 1.68. The summed E-state index contributed by atoms with van der Waals surface area (Å²) in [7, 11) is 1.36. The third kappa shape index (κ3) is 2.90. The Labute approximate surface area is 207 Å². The summed E-state index contributed by atoms with van der Waals surface area (Å²) in [5, 5.41) is 10.3. The molecule has 35 heavy (non-hydrogen) atoms. The van der Waals surface area contributed by atoms with Crippen molar-refractivity contribution in [3.05, 3.63) is 57.4 Å². The zero-order valence-corrected chi connectivity index (χ0v) is 21.9. The van der Waals surface area contributed by atoms with Crippen molar-refractivity contribution in [2.75, 3.05) is 7.11 Å². The summed E-state index contributed by atoms with van der Waals surface area (Å²) in [6.45, 7) is 12.5. The van der Waals surface area contributed by atoms with Crippen molar-refractivity contribution in [1.82, 2.24) is 0 Å². The summed E-state index contributed by atoms with van der Waals surface area (Å²) >= 11 is 0. The van der Waals surface area contributed by atoms with Crippen LogP contribution in [-0.2, 0) is 19.1 Å². The van der Waals surface area contributed by atoms with Gasteiger partial charge in [0.15, 0.2) is 5.76 Å². The van der Waals surface area contributed by atoms with E-state index in [1.165, 1.54) is 23.8 Å². The maximum atomic E-state index is 13.3. The average Bonchev–Trinajstić information content (AvgIpc) is 2.79. The van der Waals surface area contributed by atoms with E-state index in [9.17, 15) is 19.5 Å². The van der Waals surface area contributed by atoms with E-state index in [1.807, 2.05) is 13.0 Å². The minimum absolute atomic E-state index is 0.0130. The third-order valence-electron chi connectivity index (χ3n) is 10.3. The van der Waals surface area contributed by atoms with Crippen molar-refractivity contribution in [2.45, 2.75) is 73.6 Å². The van der Waals surface area contributed by atoms with Gasteiger partial charge in [-0.15, -0.1) is 0 Å². The van der Waals surface area contributed by atoms with E-state index in [-0.39, 0.29) is 39.5 Å². The van der Waals surface area contributed by atoms with Crippen LogP contribution < -0.4 is 0 Å². The number of carbonyl (C=O) groups is 3. The lowest BCUT2D eigenvalue weighted by molar-refractivity contribution is -0.167. The molecular weight excluding hydrogens is 440 g/mol. The second-order valence-electron chi connectivity index (χ2n) is 12.5. The molecule has 5 unspecified atom stereocenters. The van der Waals surface area contributed by atoms with E-state index in [2.05, 4.69) is 33.8 Å². The molecule has 1 N–H and O–H groups in total. The highest BCUT2D eigenvalue weighted by Gasteiger charge is 2.63. The third-order valence-corrected chi connectivity index (χ3v) is 10.3. The van der Waals surface area contributed by atoms with E-state index in [1.54, 1.807) is 13.0 Å². The summed E-state index contributed by atoms with van der Waals surface area (Å²) in [5.41, 5.74) is 4.58. The fourth-order valence-corrected chi connectivity index (χ4v) is 8.35. The Kier molecular flexibility index (Phi) is 4.93. The molecule has 0 bridgehead atoms. The highest BCUT2D eigenvalue weighted by Crippen LogP contribution is 2.70. The van der Waals surface area contributed by atoms with Crippen molar-refractivity contribution in [3.63, 3.8) is 0 Å². The second kappa shape index (κ2) is 7.18. The highest BCUT2D eigenvalue weighted by molar-refractivity contribution is 6.07. The standard InChI is InChI=1S/C30H36O5/c1-16-13-27(3)15-23(32)30(6,26(34)35-7)14-22(27)29(5)11-10-28(4)19(24(16)29)9-8-18-17(2)25(33)21(31)12-20(18)28/h8-9,12,22,33H,10-11,13-15H2,1-7H3. The highest BCUT2D eigenvalue weighted by atomic mass is 16.5. The summed E-state index contributed by atoms with van der Waals surface area (Å²) in [6.07, 6.45) is 9.29. The van der Waals surface area contributed by atoms with Gasteiger partial charge in [0.2, 0.25) is 5.78 Å². The van der Waals surface area contributed by atoms with Crippen LogP contribution in [0.1, 0.15) is 73.6 Å². The Morgan fingerprint density at radius 2 is 1.71 bits per heavy atom. The van der Waals surface area contributed by atoms with Crippen molar-refractivity contribution in [3.8, 4) is 0 Å². The van der Waals surface area contributed by atoms with Crippen LogP contribution in [0.25, 0.3) is 0 Å². The lowest BCUT2D eigenvalue weighted by atomic mass is 9.41. The molecule has 2 saturated carbocycles. The molecule has 5 nitrogen and oxygen atoms in total. The van der Waals surface area contributed by atoms with Gasteiger partial charge in [0.05, 0.1) is 7.11 Å². The number of methoxy groups -OCH3 is 1. The molecular formula is C30H36O5. The van der Waals surface area contributed by atoms with Crippen molar-refractivity contribution in [1.29, 1.82) is 0 Å². The van der Waals surface area contributed by atoms with Gasteiger partial charge in [0.25, 0.3) is 0 Å². The van der Waals surface area contributed by atoms with Crippen LogP contribution in [0.2, 0.25) is 0 Å². The van der Waals surface area contributed by atoms with Gasteiger partial charge in [-0.05, 0) is 91.6 Å². The van der Waals surface area contributed by atoms with E-state index in [0.29, 0.717) is 18.4 Å². The molecule has 0 heterocycles. The molecule has 0 radical (unpaired) electrons. The number of Topliss-reactive ketones (excluding diaryl/α,β-unsaturated/α-hetero) is 1. The number of hydrogen-bond donors (Lipinski definition) is 1. The number of aliphatic hydroxyl groups excluding tert-OH is 1. The molecule has 0 aliphatic heterocycles. The number of esters is 1. The van der Waals surface area contributed by atoms with Gasteiger partial charge in [0.1, 0.15) is 11.2 Å². The van der Waals surface area contributed by atoms with Gasteiger partial charge in [-0.2, -0.15) is 0 Å². The normalized spacial score (nSPS) is 40.7. The van der Waals surface area contributed by atoms with E-state index < -0.39 is 11.4 Å². The molecule has 0 aromatic carbocycles. The Morgan fingerprint density at radius 3 is 2.37 bits per heavy atom. The molecule has 5 rings (SSSR count). The number of fused-ring (bicyclic) bond motifs is 7. The maximum absolute atomic E-state index is 13.3. The van der Waals surface area contributed by atoms with Gasteiger partial charge in [-0.3, -0.25) is 14.4 Å². The fraction of sp³-hybridized carbons (Fsp3) is 0.567. The first-order valence-corrected chi connectivity index (χ1v) is 12.6. The Bertz CT molecular complexity index is 1260. The second-order valence-corrected chi connectivity index (χ2v) is 12.5. The number of allylic oxidation sites excluding steroid dienone is 9. The van der Waals surface area contributed by atoms with Crippen molar-refractivity contribution >= 4 is 17.5 Å². The fourth-order valence-electron chi connectivity index (χ4n) is 8.35. The molecule has 5 atom stereocenters. The lowest BCUT2D eigenvalue weighted by Crippen LogP contribution is -2.58. The van der Waals surface area contributed by atoms with Crippen LogP contribution in [0.4, 0.5) is 0 Å². The molecule has 2 fully saturated rings. The maximum Gasteiger partial charge on any atom is 0.319 e. The van der Waals surface area contributed by atoms with Gasteiger partial charge in [-0.25, -0.2) is 0 Å². The monoisotopic (exact) mass is 476 g/mol. The van der Waals surface area contributed by atoms with Gasteiger partial charge < -0.3 is 9.84 Å². The average molecular weight is 477 g/mol. The molecule has 0 spiro atoms. The van der Waals surface area contributed by atoms with Crippen LogP contribution in [0.15, 0.2) is 57.4 Å². The zero-order valence-electron chi connectivity index (χ0n) is 21.9. The molecule has 0 aromatic rings. The first kappa shape index (κ1) is 24.0. The van der Waals surface area contributed by atoms with Crippen molar-refractivity contribution < 1.29 is 24.2 Å². The van der Waals surface area contributed by atoms with Crippen LogP contribution in [-0.4, -0.2) is 29.8 Å². The van der Waals surface area contributed by atoms with E-state index in [0.717, 1.165) is 30.4 Å². The number of rotatable bonds is 1. The number of aliphatic hydroxyl groups is 1. The van der Waals surface area contributed by atoms with Gasteiger partial charge in [-0.1, -0.05) is 38.5 Å². The summed E-state index contributed by atoms with van der Waals surface area (Å²) in [4.78, 5) is 38.7. The van der Waals surface area contributed by atoms with Gasteiger partial charge in [0, 0.05) is 17.4 Å². The predicted molar refractivity (Wildman–Crippen MR) is 133 cm³/mol. The van der Waals surface area contributed by atoms with Crippen molar-refractivity contribution in [2.24, 2.45) is 27.6 Å². The van der Waals surface area contributed by atoms with Crippen LogP contribution in [0.3, 0.4) is 0 Å². The Hall–Kier alpha value is -2.69. The van der Waals surface area contributed by atoms with Crippen LogP contribution >= 0.6 is 0 Å². The number of ether oxygens (including phenoxy) is 1. The molecule has 5 heteroatoms. The largest absolute Gasteiger partial charge is 0.504 e. The predicted octanol–water partition coefficient (Wildman–Crippen LogP) is 5.89. The minimum atomic E-state index is -1.12.